The van der Waals surface area contributed by atoms with Crippen LogP contribution in [-0.4, -0.2) is 27.7 Å². The predicted octanol–water partition coefficient (Wildman–Crippen LogP) is 0.636. The first-order chi connectivity index (χ1) is 8.27. The number of phenolic OH excluding ortho intramolecular Hbond substituents is 1. The first-order valence-corrected chi connectivity index (χ1v) is 5.67. The van der Waals surface area contributed by atoms with Gasteiger partial charge in [0, 0.05) is 6.54 Å². The molecule has 2 aromatic rings. The highest BCUT2D eigenvalue weighted by Gasteiger charge is 2.19. The normalized spacial score (nSPS) is 19.9. The Hall–Kier alpha value is -1.88. The van der Waals surface area contributed by atoms with Crippen LogP contribution in [0.2, 0.25) is 0 Å². The van der Waals surface area contributed by atoms with Crippen LogP contribution in [0.3, 0.4) is 0 Å². The van der Waals surface area contributed by atoms with Gasteiger partial charge in [0.25, 0.3) is 5.56 Å². The first kappa shape index (κ1) is 10.3. The van der Waals surface area contributed by atoms with Crippen molar-refractivity contribution < 1.29 is 5.11 Å². The highest BCUT2D eigenvalue weighted by Crippen LogP contribution is 2.20. The van der Waals surface area contributed by atoms with Gasteiger partial charge in [0.1, 0.15) is 11.1 Å². The van der Waals surface area contributed by atoms with Crippen LogP contribution in [0.5, 0.6) is 5.75 Å². The average Bonchev–Trinajstić information content (AvgIpc) is 2.83. The molecule has 5 heteroatoms. The van der Waals surface area contributed by atoms with Crippen molar-refractivity contribution >= 4 is 10.9 Å². The Morgan fingerprint density at radius 1 is 1.47 bits per heavy atom. The summed E-state index contributed by atoms with van der Waals surface area (Å²) < 4.78 is 1.61. The van der Waals surface area contributed by atoms with Crippen molar-refractivity contribution in [2.45, 2.75) is 12.5 Å². The molecule has 1 unspecified atom stereocenters. The predicted molar refractivity (Wildman–Crippen MR) is 64.2 cm³/mol. The van der Waals surface area contributed by atoms with E-state index < -0.39 is 0 Å². The number of aromatic nitrogens is 2. The van der Waals surface area contributed by atoms with Crippen molar-refractivity contribution in [1.29, 1.82) is 0 Å². The molecule has 1 aliphatic rings. The van der Waals surface area contributed by atoms with Gasteiger partial charge in [0.15, 0.2) is 0 Å². The second kappa shape index (κ2) is 3.85. The fraction of sp³-hybridized carbons (Fsp3) is 0.333. The number of fused-ring (bicyclic) bond motifs is 1. The molecule has 2 N–H and O–H groups in total. The van der Waals surface area contributed by atoms with Gasteiger partial charge in [0.2, 0.25) is 0 Å². The number of rotatable bonds is 1. The van der Waals surface area contributed by atoms with Gasteiger partial charge in [0.05, 0.1) is 17.9 Å². The Bertz CT molecular complexity index is 615. The number of benzene rings is 1. The Morgan fingerprint density at radius 2 is 2.35 bits per heavy atom. The van der Waals surface area contributed by atoms with Crippen molar-refractivity contribution in [3.63, 3.8) is 0 Å². The van der Waals surface area contributed by atoms with Gasteiger partial charge in [-0.3, -0.25) is 9.36 Å². The molecule has 1 fully saturated rings. The van der Waals surface area contributed by atoms with Crippen molar-refractivity contribution in [2.75, 3.05) is 13.1 Å². The van der Waals surface area contributed by atoms with Gasteiger partial charge < -0.3 is 10.4 Å². The Morgan fingerprint density at radius 3 is 3.12 bits per heavy atom. The summed E-state index contributed by atoms with van der Waals surface area (Å²) in [5.41, 5.74) is 0.374. The maximum Gasteiger partial charge on any atom is 0.265 e. The lowest BCUT2D eigenvalue weighted by Crippen LogP contribution is -2.26. The molecule has 5 nitrogen and oxygen atoms in total. The molecule has 1 aromatic heterocycles. The smallest absolute Gasteiger partial charge is 0.265 e. The summed E-state index contributed by atoms with van der Waals surface area (Å²) in [4.78, 5) is 16.5. The average molecular weight is 231 g/mol. The molecule has 2 heterocycles. The summed E-state index contributed by atoms with van der Waals surface area (Å²) in [5.74, 6) is 0.000283. The fourth-order valence-electron chi connectivity index (χ4n) is 2.30. The molecule has 0 spiro atoms. The summed E-state index contributed by atoms with van der Waals surface area (Å²) in [5, 5.41) is 13.3. The molecule has 0 amide bonds. The highest BCUT2D eigenvalue weighted by atomic mass is 16.3. The lowest BCUT2D eigenvalue weighted by Gasteiger charge is -2.12. The van der Waals surface area contributed by atoms with E-state index in [9.17, 15) is 9.90 Å². The van der Waals surface area contributed by atoms with Crippen molar-refractivity contribution in [1.82, 2.24) is 14.9 Å². The Balaban J connectivity index is 2.25. The SMILES string of the molecule is O=c1c2c(O)cccc2ncn1C1CCNC1. The quantitative estimate of drug-likeness (QED) is 0.755. The van der Waals surface area contributed by atoms with E-state index in [1.54, 1.807) is 23.0 Å². The summed E-state index contributed by atoms with van der Waals surface area (Å²) in [6.45, 7) is 1.69. The molecule has 1 aliphatic heterocycles. The maximum atomic E-state index is 12.3. The monoisotopic (exact) mass is 231 g/mol. The minimum Gasteiger partial charge on any atom is -0.507 e. The fourth-order valence-corrected chi connectivity index (χ4v) is 2.30. The molecule has 0 saturated carbocycles. The third kappa shape index (κ3) is 1.59. The third-order valence-corrected chi connectivity index (χ3v) is 3.22. The molecule has 88 valence electrons. The molecule has 1 aromatic carbocycles. The van der Waals surface area contributed by atoms with Crippen molar-refractivity contribution in [3.05, 3.63) is 34.9 Å². The topological polar surface area (TPSA) is 67.1 Å². The van der Waals surface area contributed by atoms with Crippen LogP contribution in [0.25, 0.3) is 10.9 Å². The van der Waals surface area contributed by atoms with Gasteiger partial charge in [-0.15, -0.1) is 0 Å². The van der Waals surface area contributed by atoms with E-state index in [-0.39, 0.29) is 17.4 Å². The zero-order chi connectivity index (χ0) is 11.8. The number of hydrogen-bond acceptors (Lipinski definition) is 4. The molecule has 0 bridgehead atoms. The van der Waals surface area contributed by atoms with Crippen LogP contribution < -0.4 is 10.9 Å². The van der Waals surface area contributed by atoms with Gasteiger partial charge in [-0.1, -0.05) is 6.07 Å². The van der Waals surface area contributed by atoms with E-state index >= 15 is 0 Å². The number of nitrogens with one attached hydrogen (secondary N) is 1. The van der Waals surface area contributed by atoms with E-state index in [1.807, 2.05) is 0 Å². The van der Waals surface area contributed by atoms with E-state index in [0.29, 0.717) is 10.9 Å². The Kier molecular flexibility index (Phi) is 2.33. The number of phenols is 1. The molecule has 17 heavy (non-hydrogen) atoms. The highest BCUT2D eigenvalue weighted by molar-refractivity contribution is 5.83. The third-order valence-electron chi connectivity index (χ3n) is 3.22. The zero-order valence-corrected chi connectivity index (χ0v) is 9.26. The lowest BCUT2D eigenvalue weighted by atomic mass is 10.2. The minimum absolute atomic E-state index is 0.000283. The standard InChI is InChI=1S/C12H13N3O2/c16-10-3-1-2-9-11(10)12(17)15(7-14-9)8-4-5-13-6-8/h1-3,7-8,13,16H,4-6H2. The van der Waals surface area contributed by atoms with E-state index in [4.69, 9.17) is 0 Å². The van der Waals surface area contributed by atoms with Crippen LogP contribution in [0.15, 0.2) is 29.3 Å². The molecule has 0 radical (unpaired) electrons. The molecule has 1 saturated heterocycles. The first-order valence-electron chi connectivity index (χ1n) is 5.67. The van der Waals surface area contributed by atoms with Crippen LogP contribution in [0.4, 0.5) is 0 Å². The molecule has 1 atom stereocenters. The van der Waals surface area contributed by atoms with Crippen LogP contribution in [0.1, 0.15) is 12.5 Å². The summed E-state index contributed by atoms with van der Waals surface area (Å²) in [6, 6.07) is 5.07. The van der Waals surface area contributed by atoms with Crippen LogP contribution in [-0.2, 0) is 0 Å². The second-order valence-corrected chi connectivity index (χ2v) is 4.27. The number of hydrogen-bond donors (Lipinski definition) is 2. The molecular weight excluding hydrogens is 218 g/mol. The number of nitrogens with zero attached hydrogens (tertiary/aromatic N) is 2. The van der Waals surface area contributed by atoms with Crippen molar-refractivity contribution in [2.24, 2.45) is 0 Å². The van der Waals surface area contributed by atoms with Gasteiger partial charge in [-0.25, -0.2) is 4.98 Å². The van der Waals surface area contributed by atoms with Gasteiger partial charge >= 0.3 is 0 Å². The zero-order valence-electron chi connectivity index (χ0n) is 9.26. The molecular formula is C12H13N3O2. The molecule has 3 rings (SSSR count). The summed E-state index contributed by atoms with van der Waals surface area (Å²) in [7, 11) is 0. The molecule has 0 aliphatic carbocycles. The van der Waals surface area contributed by atoms with E-state index in [0.717, 1.165) is 19.5 Å². The largest absolute Gasteiger partial charge is 0.507 e. The van der Waals surface area contributed by atoms with E-state index in [1.165, 1.54) is 6.07 Å². The van der Waals surface area contributed by atoms with Crippen LogP contribution in [0, 0.1) is 0 Å². The van der Waals surface area contributed by atoms with E-state index in [2.05, 4.69) is 10.3 Å². The maximum absolute atomic E-state index is 12.3. The Labute approximate surface area is 97.7 Å². The van der Waals surface area contributed by atoms with Gasteiger partial charge in [-0.05, 0) is 25.1 Å². The lowest BCUT2D eigenvalue weighted by molar-refractivity contribution is 0.478. The van der Waals surface area contributed by atoms with Gasteiger partial charge in [-0.2, -0.15) is 0 Å². The second-order valence-electron chi connectivity index (χ2n) is 4.27. The van der Waals surface area contributed by atoms with Crippen LogP contribution >= 0.6 is 0 Å². The minimum atomic E-state index is -0.165. The number of aromatic hydroxyl groups is 1. The summed E-state index contributed by atoms with van der Waals surface area (Å²) >= 11 is 0. The van der Waals surface area contributed by atoms with Crippen molar-refractivity contribution in [3.8, 4) is 5.75 Å². The summed E-state index contributed by atoms with van der Waals surface area (Å²) in [6.07, 6.45) is 2.49.